The number of para-hydroxylation sites is 1. The first kappa shape index (κ1) is 23.2. The monoisotopic (exact) mass is 526 g/mol. The van der Waals surface area contributed by atoms with E-state index in [1.807, 2.05) is 11.0 Å². The van der Waals surface area contributed by atoms with Crippen LogP contribution in [0, 0.1) is 0 Å². The standard InChI is InChI=1S/C23H34N4O2.HI/c1-2-24-22(25-14-11-21(28)27-15-7-8-16-27)26-19-17-23(12-5-6-13-23)29-20-10-4-3-9-18(19)20;/h3-4,9-10,19H,2,5-8,11-17H2,1H3,(H2,24,25,26);1H. The molecule has 30 heavy (non-hydrogen) atoms. The first-order chi connectivity index (χ1) is 14.2. The molecular weight excluding hydrogens is 491 g/mol. The van der Waals surface area contributed by atoms with Crippen LogP contribution in [-0.4, -0.2) is 48.5 Å². The number of likely N-dealkylation sites (tertiary alicyclic amines) is 1. The number of fused-ring (bicyclic) bond motifs is 1. The highest BCUT2D eigenvalue weighted by Gasteiger charge is 2.43. The number of guanidine groups is 1. The van der Waals surface area contributed by atoms with E-state index in [0.29, 0.717) is 13.0 Å². The third-order valence-corrected chi connectivity index (χ3v) is 6.42. The van der Waals surface area contributed by atoms with Crippen molar-refractivity contribution in [2.24, 2.45) is 4.99 Å². The Balaban J connectivity index is 0.00000256. The van der Waals surface area contributed by atoms with Crippen LogP contribution >= 0.6 is 24.0 Å². The fourth-order valence-corrected chi connectivity index (χ4v) is 4.95. The molecule has 1 saturated heterocycles. The maximum atomic E-state index is 12.3. The Morgan fingerprint density at radius 2 is 1.93 bits per heavy atom. The quantitative estimate of drug-likeness (QED) is 0.346. The van der Waals surface area contributed by atoms with Crippen molar-refractivity contribution >= 4 is 35.8 Å². The van der Waals surface area contributed by atoms with Gasteiger partial charge in [-0.1, -0.05) is 18.2 Å². The van der Waals surface area contributed by atoms with Gasteiger partial charge in [-0.3, -0.25) is 9.79 Å². The lowest BCUT2D eigenvalue weighted by Crippen LogP contribution is -2.46. The van der Waals surface area contributed by atoms with Gasteiger partial charge in [0, 0.05) is 38.0 Å². The summed E-state index contributed by atoms with van der Waals surface area (Å²) >= 11 is 0. The number of carbonyl (C=O) groups excluding carboxylic acids is 1. The fraction of sp³-hybridized carbons (Fsp3) is 0.652. The Labute approximate surface area is 197 Å². The summed E-state index contributed by atoms with van der Waals surface area (Å²) in [7, 11) is 0. The third kappa shape index (κ3) is 5.39. The Kier molecular flexibility index (Phi) is 8.25. The van der Waals surface area contributed by atoms with Crippen LogP contribution < -0.4 is 15.4 Å². The average molecular weight is 526 g/mol. The van der Waals surface area contributed by atoms with E-state index in [4.69, 9.17) is 9.73 Å². The highest BCUT2D eigenvalue weighted by Crippen LogP contribution is 2.46. The SMILES string of the molecule is CCNC(=NCCC(=O)N1CCCC1)NC1CC2(CCCC2)Oc2ccccc21.I. The molecule has 4 rings (SSSR count). The summed E-state index contributed by atoms with van der Waals surface area (Å²) < 4.78 is 6.47. The second kappa shape index (κ2) is 10.7. The molecule has 2 aliphatic heterocycles. The molecule has 7 heteroatoms. The van der Waals surface area contributed by atoms with Gasteiger partial charge in [-0.2, -0.15) is 0 Å². The molecule has 2 heterocycles. The zero-order chi connectivity index (χ0) is 20.1. The number of benzene rings is 1. The summed E-state index contributed by atoms with van der Waals surface area (Å²) in [4.78, 5) is 19.0. The zero-order valence-corrected chi connectivity index (χ0v) is 20.3. The zero-order valence-electron chi connectivity index (χ0n) is 18.0. The third-order valence-electron chi connectivity index (χ3n) is 6.42. The second-order valence-electron chi connectivity index (χ2n) is 8.53. The number of amides is 1. The summed E-state index contributed by atoms with van der Waals surface area (Å²) in [6, 6.07) is 8.53. The van der Waals surface area contributed by atoms with E-state index in [-0.39, 0.29) is 41.5 Å². The van der Waals surface area contributed by atoms with E-state index in [1.54, 1.807) is 0 Å². The molecule has 1 amide bonds. The molecule has 1 aromatic carbocycles. The number of halogens is 1. The van der Waals surface area contributed by atoms with Crippen molar-refractivity contribution in [1.29, 1.82) is 0 Å². The van der Waals surface area contributed by atoms with Gasteiger partial charge >= 0.3 is 0 Å². The molecule has 3 aliphatic rings. The largest absolute Gasteiger partial charge is 0.487 e. The average Bonchev–Trinajstić information content (AvgIpc) is 3.41. The molecule has 2 fully saturated rings. The number of ether oxygens (including phenoxy) is 1. The Morgan fingerprint density at radius 1 is 1.20 bits per heavy atom. The molecule has 1 atom stereocenters. The van der Waals surface area contributed by atoms with E-state index < -0.39 is 0 Å². The number of rotatable bonds is 5. The Morgan fingerprint density at radius 3 is 2.67 bits per heavy atom. The van der Waals surface area contributed by atoms with Crippen molar-refractivity contribution in [3.05, 3.63) is 29.8 Å². The maximum absolute atomic E-state index is 12.3. The summed E-state index contributed by atoms with van der Waals surface area (Å²) in [5.41, 5.74) is 1.15. The first-order valence-corrected chi connectivity index (χ1v) is 11.3. The van der Waals surface area contributed by atoms with Gasteiger partial charge in [0.1, 0.15) is 11.4 Å². The van der Waals surface area contributed by atoms with Gasteiger partial charge in [0.2, 0.25) is 5.91 Å². The molecule has 0 radical (unpaired) electrons. The molecule has 0 aromatic heterocycles. The summed E-state index contributed by atoms with van der Waals surface area (Å²) in [5, 5.41) is 7.00. The van der Waals surface area contributed by atoms with E-state index in [1.165, 1.54) is 18.4 Å². The minimum Gasteiger partial charge on any atom is -0.487 e. The van der Waals surface area contributed by atoms with Crippen molar-refractivity contribution in [3.8, 4) is 5.75 Å². The van der Waals surface area contributed by atoms with Crippen LogP contribution in [0.3, 0.4) is 0 Å². The number of aliphatic imine (C=N–C) groups is 1. The molecule has 166 valence electrons. The van der Waals surface area contributed by atoms with Crippen LogP contribution in [0.25, 0.3) is 0 Å². The predicted octanol–water partition coefficient (Wildman–Crippen LogP) is 4.01. The summed E-state index contributed by atoms with van der Waals surface area (Å²) in [6.07, 6.45) is 8.42. The first-order valence-electron chi connectivity index (χ1n) is 11.3. The molecule has 1 aliphatic carbocycles. The van der Waals surface area contributed by atoms with Crippen molar-refractivity contribution < 1.29 is 9.53 Å². The smallest absolute Gasteiger partial charge is 0.224 e. The number of carbonyl (C=O) groups is 1. The lowest BCUT2D eigenvalue weighted by molar-refractivity contribution is -0.129. The molecule has 2 N–H and O–H groups in total. The van der Waals surface area contributed by atoms with E-state index in [9.17, 15) is 4.79 Å². The van der Waals surface area contributed by atoms with Gasteiger partial charge in [0.25, 0.3) is 0 Å². The van der Waals surface area contributed by atoms with Crippen molar-refractivity contribution in [1.82, 2.24) is 15.5 Å². The number of hydrogen-bond acceptors (Lipinski definition) is 3. The van der Waals surface area contributed by atoms with Crippen LogP contribution in [0.4, 0.5) is 0 Å². The fourth-order valence-electron chi connectivity index (χ4n) is 4.95. The van der Waals surface area contributed by atoms with Crippen LogP contribution in [0.2, 0.25) is 0 Å². The summed E-state index contributed by atoms with van der Waals surface area (Å²) in [6.45, 7) is 5.19. The molecular formula is C23H35IN4O2. The second-order valence-corrected chi connectivity index (χ2v) is 8.53. The minimum atomic E-state index is -0.0466. The lowest BCUT2D eigenvalue weighted by Gasteiger charge is -2.40. The summed E-state index contributed by atoms with van der Waals surface area (Å²) in [5.74, 6) is 2.01. The van der Waals surface area contributed by atoms with Crippen LogP contribution in [0.5, 0.6) is 5.75 Å². The Bertz CT molecular complexity index is 742. The molecule has 1 saturated carbocycles. The Hall–Kier alpha value is -1.51. The van der Waals surface area contributed by atoms with Crippen molar-refractivity contribution in [2.75, 3.05) is 26.2 Å². The van der Waals surface area contributed by atoms with E-state index in [0.717, 1.165) is 63.4 Å². The van der Waals surface area contributed by atoms with Crippen molar-refractivity contribution in [2.45, 2.75) is 69.9 Å². The molecule has 1 spiro atoms. The maximum Gasteiger partial charge on any atom is 0.224 e. The predicted molar refractivity (Wildman–Crippen MR) is 131 cm³/mol. The normalized spacial score (nSPS) is 22.2. The van der Waals surface area contributed by atoms with Gasteiger partial charge in [0.15, 0.2) is 5.96 Å². The molecule has 6 nitrogen and oxygen atoms in total. The highest BCUT2D eigenvalue weighted by molar-refractivity contribution is 14.0. The number of nitrogens with zero attached hydrogens (tertiary/aromatic N) is 2. The molecule has 1 unspecified atom stereocenters. The molecule has 1 aromatic rings. The van der Waals surface area contributed by atoms with Gasteiger partial charge < -0.3 is 20.3 Å². The highest BCUT2D eigenvalue weighted by atomic mass is 127. The van der Waals surface area contributed by atoms with E-state index >= 15 is 0 Å². The van der Waals surface area contributed by atoms with Crippen molar-refractivity contribution in [3.63, 3.8) is 0 Å². The van der Waals surface area contributed by atoms with Crippen LogP contribution in [0.15, 0.2) is 29.3 Å². The van der Waals surface area contributed by atoms with Gasteiger partial charge in [-0.25, -0.2) is 0 Å². The van der Waals surface area contributed by atoms with E-state index in [2.05, 4.69) is 35.8 Å². The van der Waals surface area contributed by atoms with Crippen LogP contribution in [0.1, 0.15) is 69.9 Å². The lowest BCUT2D eigenvalue weighted by atomic mass is 9.86. The van der Waals surface area contributed by atoms with Gasteiger partial charge in [0.05, 0.1) is 12.6 Å². The number of hydrogen-bond donors (Lipinski definition) is 2. The van der Waals surface area contributed by atoms with Gasteiger partial charge in [-0.15, -0.1) is 24.0 Å². The van der Waals surface area contributed by atoms with Gasteiger partial charge in [-0.05, 0) is 51.5 Å². The van der Waals surface area contributed by atoms with Crippen LogP contribution in [-0.2, 0) is 4.79 Å². The molecule has 0 bridgehead atoms. The number of nitrogens with one attached hydrogen (secondary N) is 2. The minimum absolute atomic E-state index is 0. The topological polar surface area (TPSA) is 66.0 Å².